The van der Waals surface area contributed by atoms with E-state index in [2.05, 4.69) is 25.5 Å². The molecule has 2 N–H and O–H groups in total. The highest BCUT2D eigenvalue weighted by Crippen LogP contribution is 2.37. The Morgan fingerprint density at radius 3 is 2.91 bits per heavy atom. The number of benzene rings is 2. The van der Waals surface area contributed by atoms with Gasteiger partial charge in [0.2, 0.25) is 5.91 Å². The van der Waals surface area contributed by atoms with Crippen molar-refractivity contribution in [1.82, 2.24) is 14.9 Å². The molecule has 2 heterocycles. The molecule has 0 spiro atoms. The predicted octanol–water partition coefficient (Wildman–Crippen LogP) is 5.54. The van der Waals surface area contributed by atoms with Crippen molar-refractivity contribution < 1.29 is 13.9 Å². The van der Waals surface area contributed by atoms with E-state index in [-0.39, 0.29) is 10.9 Å². The summed E-state index contributed by atoms with van der Waals surface area (Å²) < 4.78 is 19.0. The lowest BCUT2D eigenvalue weighted by molar-refractivity contribution is -0.112. The van der Waals surface area contributed by atoms with Gasteiger partial charge in [0.1, 0.15) is 23.7 Å². The van der Waals surface area contributed by atoms with E-state index in [1.807, 2.05) is 6.08 Å². The maximum atomic E-state index is 13.5. The summed E-state index contributed by atoms with van der Waals surface area (Å²) >= 11 is 5.91. The largest absolute Gasteiger partial charge is 0.494 e. The van der Waals surface area contributed by atoms with Gasteiger partial charge in [-0.1, -0.05) is 30.5 Å². The molecule has 2 aliphatic rings. The molecule has 0 bridgehead atoms. The number of nitrogens with zero attached hydrogens (tertiary/aromatic N) is 3. The highest BCUT2D eigenvalue weighted by atomic mass is 35.5. The van der Waals surface area contributed by atoms with E-state index in [0.29, 0.717) is 39.9 Å². The molecule has 1 aliphatic heterocycles. The first-order valence-electron chi connectivity index (χ1n) is 11.8. The molecule has 1 saturated heterocycles. The predicted molar refractivity (Wildman–Crippen MR) is 136 cm³/mol. The molecule has 2 atom stereocenters. The molecule has 1 aliphatic carbocycles. The Morgan fingerprint density at radius 1 is 1.26 bits per heavy atom. The zero-order valence-electron chi connectivity index (χ0n) is 19.4. The van der Waals surface area contributed by atoms with Gasteiger partial charge in [-0.2, -0.15) is 0 Å². The van der Waals surface area contributed by atoms with Crippen molar-refractivity contribution in [3.8, 4) is 5.75 Å². The number of methoxy groups -OCH3 is 1. The van der Waals surface area contributed by atoms with Crippen LogP contribution in [-0.4, -0.2) is 47.0 Å². The van der Waals surface area contributed by atoms with Crippen LogP contribution in [0, 0.1) is 11.7 Å². The van der Waals surface area contributed by atoms with Gasteiger partial charge in [0.25, 0.3) is 0 Å². The Hall–Kier alpha value is -3.23. The first kappa shape index (κ1) is 23.5. The number of hydrogen-bond donors (Lipinski definition) is 2. The summed E-state index contributed by atoms with van der Waals surface area (Å²) in [6.45, 7) is 1.91. The fourth-order valence-corrected chi connectivity index (χ4v) is 5.20. The smallest absolute Gasteiger partial charge is 0.248 e. The van der Waals surface area contributed by atoms with Crippen molar-refractivity contribution >= 4 is 45.6 Å². The molecule has 1 aromatic heterocycles. The molecule has 7 nitrogen and oxygen atoms in total. The van der Waals surface area contributed by atoms with Gasteiger partial charge in [-0.25, -0.2) is 14.4 Å². The number of carbonyl (C=O) groups excluding carboxylic acids is 1. The van der Waals surface area contributed by atoms with E-state index >= 15 is 0 Å². The van der Waals surface area contributed by atoms with Crippen LogP contribution in [0.3, 0.4) is 0 Å². The standard InChI is InChI=1S/C26H27ClFN5O2/c1-35-24-13-21-18(26(30-15-29-21)31-17-8-9-20(28)19(27)11-17)12-22(24)32-25(34)7-4-10-33-14-16-5-2-3-6-23(16)33/h4,7-9,11-13,15-16,23H,2-3,5-6,10,14H2,1H3,(H,32,34)(H,29,30,31). The van der Waals surface area contributed by atoms with E-state index in [4.69, 9.17) is 16.3 Å². The summed E-state index contributed by atoms with van der Waals surface area (Å²) in [6.07, 6.45) is 10.2. The van der Waals surface area contributed by atoms with E-state index in [1.165, 1.54) is 51.3 Å². The number of aromatic nitrogens is 2. The maximum Gasteiger partial charge on any atom is 0.248 e. The summed E-state index contributed by atoms with van der Waals surface area (Å²) in [4.78, 5) is 23.7. The number of ether oxygens (including phenoxy) is 1. The number of hydrogen-bond acceptors (Lipinski definition) is 6. The lowest BCUT2D eigenvalue weighted by Gasteiger charge is -2.50. The Kier molecular flexibility index (Phi) is 6.83. The third kappa shape index (κ3) is 5.09. The number of likely N-dealkylation sites (tertiary alicyclic amines) is 1. The Morgan fingerprint density at radius 2 is 2.11 bits per heavy atom. The van der Waals surface area contributed by atoms with Crippen molar-refractivity contribution in [2.24, 2.45) is 5.92 Å². The van der Waals surface area contributed by atoms with E-state index < -0.39 is 5.82 Å². The minimum atomic E-state index is -0.500. The molecule has 2 fully saturated rings. The number of fused-ring (bicyclic) bond motifs is 2. The molecular weight excluding hydrogens is 469 g/mol. The monoisotopic (exact) mass is 495 g/mol. The highest BCUT2D eigenvalue weighted by molar-refractivity contribution is 6.31. The molecule has 5 rings (SSSR count). The first-order chi connectivity index (χ1) is 17.0. The Labute approximate surface area is 208 Å². The van der Waals surface area contributed by atoms with Crippen molar-refractivity contribution in [2.75, 3.05) is 30.8 Å². The van der Waals surface area contributed by atoms with Crippen LogP contribution in [0.25, 0.3) is 10.9 Å². The summed E-state index contributed by atoms with van der Waals surface area (Å²) in [5.74, 6) is 1.08. The third-order valence-corrected chi connectivity index (χ3v) is 7.10. The SMILES string of the molecule is COc1cc2ncnc(Nc3ccc(F)c(Cl)c3)c2cc1NC(=O)C=CCN1CC2CCCCC21. The molecule has 35 heavy (non-hydrogen) atoms. The second kappa shape index (κ2) is 10.2. The summed E-state index contributed by atoms with van der Waals surface area (Å²) in [5, 5.41) is 6.71. The van der Waals surface area contributed by atoms with Crippen molar-refractivity contribution in [3.05, 3.63) is 59.7 Å². The lowest BCUT2D eigenvalue weighted by Crippen LogP contribution is -2.57. The quantitative estimate of drug-likeness (QED) is 0.419. The average Bonchev–Trinajstić information content (AvgIpc) is 2.84. The maximum absolute atomic E-state index is 13.5. The molecule has 182 valence electrons. The molecule has 2 unspecified atom stereocenters. The van der Waals surface area contributed by atoms with Crippen molar-refractivity contribution in [2.45, 2.75) is 31.7 Å². The van der Waals surface area contributed by atoms with Crippen molar-refractivity contribution in [3.63, 3.8) is 0 Å². The molecule has 1 saturated carbocycles. The first-order valence-corrected chi connectivity index (χ1v) is 12.2. The molecule has 9 heteroatoms. The van der Waals surface area contributed by atoms with Crippen molar-refractivity contribution in [1.29, 1.82) is 0 Å². The van der Waals surface area contributed by atoms with Gasteiger partial charge in [0.15, 0.2) is 0 Å². The Bertz CT molecular complexity index is 1280. The molecular formula is C26H27ClFN5O2. The van der Waals surface area contributed by atoms with Crippen LogP contribution in [0.2, 0.25) is 5.02 Å². The second-order valence-electron chi connectivity index (χ2n) is 9.00. The molecule has 3 aromatic rings. The van der Waals surface area contributed by atoms with Gasteiger partial charge >= 0.3 is 0 Å². The molecule has 1 amide bonds. The fourth-order valence-electron chi connectivity index (χ4n) is 5.02. The number of nitrogens with one attached hydrogen (secondary N) is 2. The van der Waals surface area contributed by atoms with Crippen LogP contribution in [0.15, 0.2) is 48.8 Å². The molecule has 2 aromatic carbocycles. The Balaban J connectivity index is 1.31. The highest BCUT2D eigenvalue weighted by Gasteiger charge is 2.38. The minimum Gasteiger partial charge on any atom is -0.494 e. The summed E-state index contributed by atoms with van der Waals surface area (Å²) in [6, 6.07) is 8.51. The summed E-state index contributed by atoms with van der Waals surface area (Å²) in [7, 11) is 1.54. The van der Waals surface area contributed by atoms with E-state index in [1.54, 1.807) is 24.3 Å². The number of rotatable bonds is 7. The van der Waals surface area contributed by atoms with Crippen LogP contribution < -0.4 is 15.4 Å². The van der Waals surface area contributed by atoms with Gasteiger partial charge < -0.3 is 15.4 Å². The number of amides is 1. The summed E-state index contributed by atoms with van der Waals surface area (Å²) in [5.41, 5.74) is 1.70. The number of halogens is 2. The zero-order valence-corrected chi connectivity index (χ0v) is 20.2. The molecule has 0 radical (unpaired) electrons. The lowest BCUT2D eigenvalue weighted by atomic mass is 9.77. The topological polar surface area (TPSA) is 79.4 Å². The van der Waals surface area contributed by atoms with Crippen LogP contribution in [0.1, 0.15) is 25.7 Å². The van der Waals surface area contributed by atoms with Crippen LogP contribution in [-0.2, 0) is 4.79 Å². The fraction of sp³-hybridized carbons (Fsp3) is 0.346. The second-order valence-corrected chi connectivity index (χ2v) is 9.41. The van der Waals surface area contributed by atoms with Gasteiger partial charge in [-0.15, -0.1) is 0 Å². The number of anilines is 3. The number of carbonyl (C=O) groups is 1. The van der Waals surface area contributed by atoms with Gasteiger partial charge in [-0.3, -0.25) is 9.69 Å². The normalized spacial score (nSPS) is 19.9. The van der Waals surface area contributed by atoms with Gasteiger partial charge in [-0.05, 0) is 43.0 Å². The average molecular weight is 496 g/mol. The van der Waals surface area contributed by atoms with Gasteiger partial charge in [0, 0.05) is 42.3 Å². The van der Waals surface area contributed by atoms with E-state index in [9.17, 15) is 9.18 Å². The van der Waals surface area contributed by atoms with E-state index in [0.717, 1.165) is 19.0 Å². The van der Waals surface area contributed by atoms with Gasteiger partial charge in [0.05, 0.1) is 23.3 Å². The zero-order chi connectivity index (χ0) is 24.4. The minimum absolute atomic E-state index is 0.00649. The van der Waals surface area contributed by atoms with Crippen LogP contribution in [0.5, 0.6) is 5.75 Å². The third-order valence-electron chi connectivity index (χ3n) is 6.81. The van der Waals surface area contributed by atoms with Crippen LogP contribution >= 0.6 is 11.6 Å². The van der Waals surface area contributed by atoms with Crippen LogP contribution in [0.4, 0.5) is 21.6 Å².